The van der Waals surface area contributed by atoms with Crippen molar-refractivity contribution in [3.63, 3.8) is 0 Å². The van der Waals surface area contributed by atoms with Gasteiger partial charge in [0.1, 0.15) is 11.6 Å². The number of hydrogen-bond acceptors (Lipinski definition) is 5. The Hall–Kier alpha value is -2.50. The van der Waals surface area contributed by atoms with Crippen LogP contribution < -0.4 is 15.4 Å². The highest BCUT2D eigenvalue weighted by molar-refractivity contribution is 9.10. The number of sulfonamides is 1. The largest absolute Gasteiger partial charge is 0.479 e. The summed E-state index contributed by atoms with van der Waals surface area (Å²) < 4.78 is 48.4. The predicted molar refractivity (Wildman–Crippen MR) is 124 cm³/mol. The Bertz CT molecular complexity index is 1240. The van der Waals surface area contributed by atoms with Gasteiger partial charge < -0.3 is 15.4 Å². The summed E-state index contributed by atoms with van der Waals surface area (Å²) in [6.45, 7) is 3.47. The number of aryl methyl sites for hydroxylation is 1. The van der Waals surface area contributed by atoms with Crippen LogP contribution in [-0.2, 0) is 19.6 Å². The first-order valence-electron chi connectivity index (χ1n) is 10.4. The van der Waals surface area contributed by atoms with E-state index >= 15 is 0 Å². The summed E-state index contributed by atoms with van der Waals surface area (Å²) in [5.41, 5.74) is 0.916. The normalized spacial score (nSPS) is 21.0. The number of rotatable bonds is 4. The highest BCUT2D eigenvalue weighted by Gasteiger charge is 2.35. The van der Waals surface area contributed by atoms with Gasteiger partial charge in [-0.15, -0.1) is 0 Å². The minimum absolute atomic E-state index is 0.0170. The number of amides is 2. The average molecular weight is 540 g/mol. The van der Waals surface area contributed by atoms with E-state index in [9.17, 15) is 22.4 Å². The lowest BCUT2D eigenvalue weighted by Crippen LogP contribution is -2.44. The zero-order chi connectivity index (χ0) is 23.9. The summed E-state index contributed by atoms with van der Waals surface area (Å²) in [6.07, 6.45) is 0.248. The number of halogens is 2. The molecule has 0 aromatic heterocycles. The first-order valence-corrected chi connectivity index (χ1v) is 12.7. The van der Waals surface area contributed by atoms with Gasteiger partial charge in [-0.25, -0.2) is 12.8 Å². The number of carbonyl (C=O) groups excluding carboxylic acids is 2. The Morgan fingerprint density at radius 3 is 2.79 bits per heavy atom. The van der Waals surface area contributed by atoms with E-state index < -0.39 is 33.8 Å². The third kappa shape index (κ3) is 4.75. The summed E-state index contributed by atoms with van der Waals surface area (Å²) in [4.78, 5) is 24.7. The van der Waals surface area contributed by atoms with Crippen molar-refractivity contribution in [3.05, 3.63) is 46.2 Å². The van der Waals surface area contributed by atoms with Crippen LogP contribution >= 0.6 is 15.9 Å². The van der Waals surface area contributed by atoms with Gasteiger partial charge in [0.15, 0.2) is 6.10 Å². The van der Waals surface area contributed by atoms with Crippen LogP contribution in [0, 0.1) is 18.7 Å². The van der Waals surface area contributed by atoms with E-state index in [4.69, 9.17) is 4.74 Å². The van der Waals surface area contributed by atoms with Crippen molar-refractivity contribution in [2.24, 2.45) is 5.92 Å². The number of nitrogens with one attached hydrogen (secondary N) is 2. The molecule has 0 saturated carbocycles. The first-order chi connectivity index (χ1) is 15.6. The van der Waals surface area contributed by atoms with E-state index in [1.165, 1.54) is 22.5 Å². The number of hydrogen-bond donors (Lipinski definition) is 2. The quantitative estimate of drug-likeness (QED) is 0.616. The van der Waals surface area contributed by atoms with E-state index in [2.05, 4.69) is 26.6 Å². The minimum atomic E-state index is -3.93. The van der Waals surface area contributed by atoms with Gasteiger partial charge in [0.25, 0.3) is 5.91 Å². The Kier molecular flexibility index (Phi) is 6.47. The van der Waals surface area contributed by atoms with E-state index in [1.807, 2.05) is 0 Å². The van der Waals surface area contributed by atoms with E-state index in [0.717, 1.165) is 0 Å². The molecule has 176 valence electrons. The summed E-state index contributed by atoms with van der Waals surface area (Å²) >= 11 is 3.17. The van der Waals surface area contributed by atoms with E-state index in [-0.39, 0.29) is 35.3 Å². The molecule has 2 aliphatic heterocycles. The third-order valence-electron chi connectivity index (χ3n) is 5.77. The molecule has 0 aliphatic carbocycles. The van der Waals surface area contributed by atoms with Crippen LogP contribution in [0.1, 0.15) is 25.3 Å². The summed E-state index contributed by atoms with van der Waals surface area (Å²) in [6, 6.07) is 7.29. The lowest BCUT2D eigenvalue weighted by molar-refractivity contribution is -0.123. The first kappa shape index (κ1) is 23.7. The number of piperidine rings is 1. The van der Waals surface area contributed by atoms with Crippen LogP contribution in [0.15, 0.2) is 39.7 Å². The zero-order valence-electron chi connectivity index (χ0n) is 18.0. The maximum atomic E-state index is 14.1. The van der Waals surface area contributed by atoms with Gasteiger partial charge in [0.05, 0.1) is 22.2 Å². The number of fused-ring (bicyclic) bond motifs is 1. The molecular formula is C22H23BrFN3O5S. The minimum Gasteiger partial charge on any atom is -0.479 e. The fourth-order valence-electron chi connectivity index (χ4n) is 3.96. The molecule has 2 N–H and O–H groups in total. The molecule has 2 aromatic carbocycles. The molecule has 8 nitrogen and oxygen atoms in total. The molecule has 2 aliphatic rings. The monoisotopic (exact) mass is 539 g/mol. The molecular weight excluding hydrogens is 517 g/mol. The van der Waals surface area contributed by atoms with Crippen LogP contribution in [-0.4, -0.2) is 43.7 Å². The average Bonchev–Trinajstić information content (AvgIpc) is 2.76. The van der Waals surface area contributed by atoms with Gasteiger partial charge in [-0.2, -0.15) is 4.31 Å². The van der Waals surface area contributed by atoms with Crippen molar-refractivity contribution in [2.75, 3.05) is 23.7 Å². The SMILES string of the molecule is Cc1cc2c(cc1S(=O)(=O)N1CCC[C@H](C(=O)Nc3ccc(Br)cc3F)C1)O[C@@H](C)C(=O)N2. The van der Waals surface area contributed by atoms with Crippen LogP contribution in [0.4, 0.5) is 15.8 Å². The molecule has 0 spiro atoms. The molecule has 11 heteroatoms. The van der Waals surface area contributed by atoms with Gasteiger partial charge in [-0.05, 0) is 56.5 Å². The molecule has 33 heavy (non-hydrogen) atoms. The van der Waals surface area contributed by atoms with Crippen LogP contribution in [0.3, 0.4) is 0 Å². The molecule has 1 saturated heterocycles. The van der Waals surface area contributed by atoms with Crippen molar-refractivity contribution in [1.82, 2.24) is 4.31 Å². The Labute approximate surface area is 199 Å². The summed E-state index contributed by atoms with van der Waals surface area (Å²) in [7, 11) is -3.93. The van der Waals surface area contributed by atoms with Crippen LogP contribution in [0.25, 0.3) is 0 Å². The maximum Gasteiger partial charge on any atom is 0.265 e. The van der Waals surface area contributed by atoms with Crippen molar-refractivity contribution in [3.8, 4) is 5.75 Å². The Morgan fingerprint density at radius 1 is 1.30 bits per heavy atom. The molecule has 2 heterocycles. The summed E-state index contributed by atoms with van der Waals surface area (Å²) in [5.74, 6) is -1.65. The van der Waals surface area contributed by atoms with Crippen molar-refractivity contribution in [1.29, 1.82) is 0 Å². The van der Waals surface area contributed by atoms with Gasteiger partial charge in [0, 0.05) is 23.6 Å². The second-order valence-electron chi connectivity index (χ2n) is 8.18. The standard InChI is InChI=1S/C22H23BrFN3O5S/c1-12-8-18-19(32-13(2)21(28)26-18)10-20(12)33(30,31)27-7-3-4-14(11-27)22(29)25-17-6-5-15(23)9-16(17)24/h5-6,8-10,13-14H,3-4,7,11H2,1-2H3,(H,25,29)(H,26,28)/t13-,14-/m0/s1. The zero-order valence-corrected chi connectivity index (χ0v) is 20.4. The second kappa shape index (κ2) is 9.03. The number of ether oxygens (including phenoxy) is 1. The smallest absolute Gasteiger partial charge is 0.265 e. The van der Waals surface area contributed by atoms with Crippen molar-refractivity contribution >= 4 is 49.1 Å². The van der Waals surface area contributed by atoms with E-state index in [1.54, 1.807) is 26.0 Å². The fraction of sp³-hybridized carbons (Fsp3) is 0.364. The molecule has 0 unspecified atom stereocenters. The number of nitrogens with zero attached hydrogens (tertiary/aromatic N) is 1. The molecule has 4 rings (SSSR count). The van der Waals surface area contributed by atoms with Gasteiger partial charge in [-0.1, -0.05) is 15.9 Å². The van der Waals surface area contributed by atoms with Crippen molar-refractivity contribution in [2.45, 2.75) is 37.7 Å². The van der Waals surface area contributed by atoms with Gasteiger partial charge in [0.2, 0.25) is 15.9 Å². The topological polar surface area (TPSA) is 105 Å². The summed E-state index contributed by atoms with van der Waals surface area (Å²) in [5, 5.41) is 5.27. The fourth-order valence-corrected chi connectivity index (χ4v) is 6.04. The maximum absolute atomic E-state index is 14.1. The number of carbonyl (C=O) groups is 2. The molecule has 0 bridgehead atoms. The molecule has 2 amide bonds. The third-order valence-corrected chi connectivity index (χ3v) is 8.27. The van der Waals surface area contributed by atoms with Gasteiger partial charge >= 0.3 is 0 Å². The lowest BCUT2D eigenvalue weighted by Gasteiger charge is -2.32. The molecule has 0 radical (unpaired) electrons. The van der Waals surface area contributed by atoms with Crippen LogP contribution in [0.2, 0.25) is 0 Å². The molecule has 2 aromatic rings. The van der Waals surface area contributed by atoms with Crippen LogP contribution in [0.5, 0.6) is 5.75 Å². The molecule has 2 atom stereocenters. The lowest BCUT2D eigenvalue weighted by atomic mass is 9.98. The van der Waals surface area contributed by atoms with E-state index in [0.29, 0.717) is 28.6 Å². The van der Waals surface area contributed by atoms with Gasteiger partial charge in [-0.3, -0.25) is 9.59 Å². The molecule has 1 fully saturated rings. The second-order valence-corrected chi connectivity index (χ2v) is 11.0. The predicted octanol–water partition coefficient (Wildman–Crippen LogP) is 3.66. The Morgan fingerprint density at radius 2 is 2.06 bits per heavy atom. The number of anilines is 2. The highest BCUT2D eigenvalue weighted by atomic mass is 79.9. The number of benzene rings is 2. The highest BCUT2D eigenvalue weighted by Crippen LogP contribution is 2.36. The Balaban J connectivity index is 1.54. The van der Waals surface area contributed by atoms with Crippen molar-refractivity contribution < 1.29 is 27.1 Å².